The fraction of sp³-hybridized carbons (Fsp3) is 0.636. The highest BCUT2D eigenvalue weighted by atomic mass is 16.4. The van der Waals surface area contributed by atoms with Crippen molar-refractivity contribution in [3.8, 4) is 0 Å². The largest absolute Gasteiger partial charge is 0.481 e. The smallest absolute Gasteiger partial charge is 0.308 e. The first-order valence-electron chi connectivity index (χ1n) is 5.06. The zero-order valence-corrected chi connectivity index (χ0v) is 9.40. The van der Waals surface area contributed by atoms with Gasteiger partial charge in [0, 0.05) is 20.0 Å². The Labute approximate surface area is 90.6 Å². The van der Waals surface area contributed by atoms with Gasteiger partial charge >= 0.3 is 5.97 Å². The maximum Gasteiger partial charge on any atom is 0.308 e. The molecule has 0 aliphatic heterocycles. The Morgan fingerprint density at radius 2 is 2.13 bits per heavy atom. The SMILES string of the molecule is C=CCCCC(=O)N(C)CC(C)C(=O)O. The molecule has 1 unspecified atom stereocenters. The second kappa shape index (κ2) is 7.04. The van der Waals surface area contributed by atoms with Gasteiger partial charge in [0.15, 0.2) is 0 Å². The molecule has 4 nitrogen and oxygen atoms in total. The van der Waals surface area contributed by atoms with E-state index >= 15 is 0 Å². The van der Waals surface area contributed by atoms with Gasteiger partial charge in [0.2, 0.25) is 5.91 Å². The number of rotatable bonds is 7. The first kappa shape index (κ1) is 13.7. The second-order valence-corrected chi connectivity index (χ2v) is 3.69. The van der Waals surface area contributed by atoms with Crippen LogP contribution in [0.2, 0.25) is 0 Å². The van der Waals surface area contributed by atoms with Crippen LogP contribution >= 0.6 is 0 Å². The first-order chi connectivity index (χ1) is 6.99. The molecule has 0 spiro atoms. The van der Waals surface area contributed by atoms with E-state index in [9.17, 15) is 9.59 Å². The number of carboxylic acid groups (broad SMARTS) is 1. The van der Waals surface area contributed by atoms with Gasteiger partial charge in [-0.25, -0.2) is 0 Å². The summed E-state index contributed by atoms with van der Waals surface area (Å²) < 4.78 is 0. The van der Waals surface area contributed by atoms with Gasteiger partial charge in [-0.05, 0) is 12.8 Å². The van der Waals surface area contributed by atoms with Crippen LogP contribution in [0.3, 0.4) is 0 Å². The summed E-state index contributed by atoms with van der Waals surface area (Å²) in [6.07, 6.45) is 3.81. The summed E-state index contributed by atoms with van der Waals surface area (Å²) in [7, 11) is 1.63. The zero-order chi connectivity index (χ0) is 11.8. The van der Waals surface area contributed by atoms with E-state index in [4.69, 9.17) is 5.11 Å². The summed E-state index contributed by atoms with van der Waals surface area (Å²) in [6.45, 7) is 5.43. The lowest BCUT2D eigenvalue weighted by atomic mass is 10.1. The van der Waals surface area contributed by atoms with Crippen molar-refractivity contribution in [3.63, 3.8) is 0 Å². The molecular formula is C11H19NO3. The molecule has 0 saturated heterocycles. The maximum atomic E-state index is 11.5. The van der Waals surface area contributed by atoms with Gasteiger partial charge in [-0.1, -0.05) is 13.0 Å². The lowest BCUT2D eigenvalue weighted by molar-refractivity contribution is -0.142. The predicted molar refractivity (Wildman–Crippen MR) is 58.5 cm³/mol. The summed E-state index contributed by atoms with van der Waals surface area (Å²) >= 11 is 0. The Bertz CT molecular complexity index is 238. The van der Waals surface area contributed by atoms with E-state index < -0.39 is 11.9 Å². The fourth-order valence-electron chi connectivity index (χ4n) is 1.18. The number of hydrogen-bond donors (Lipinski definition) is 1. The first-order valence-corrected chi connectivity index (χ1v) is 5.06. The number of carboxylic acids is 1. The van der Waals surface area contributed by atoms with Gasteiger partial charge in [-0.3, -0.25) is 9.59 Å². The summed E-state index contributed by atoms with van der Waals surface area (Å²) in [6, 6.07) is 0. The molecule has 1 atom stereocenters. The van der Waals surface area contributed by atoms with E-state index in [2.05, 4.69) is 6.58 Å². The molecule has 15 heavy (non-hydrogen) atoms. The third-order valence-electron chi connectivity index (χ3n) is 2.19. The summed E-state index contributed by atoms with van der Waals surface area (Å²) in [5, 5.41) is 8.68. The van der Waals surface area contributed by atoms with Crippen LogP contribution in [0.5, 0.6) is 0 Å². The van der Waals surface area contributed by atoms with E-state index in [1.165, 1.54) is 4.90 Å². The molecule has 0 saturated carbocycles. The molecule has 1 N–H and O–H groups in total. The predicted octanol–water partition coefficient (Wildman–Crippen LogP) is 1.52. The molecule has 0 aromatic rings. The van der Waals surface area contributed by atoms with Gasteiger partial charge in [0.05, 0.1) is 5.92 Å². The van der Waals surface area contributed by atoms with Crippen LogP contribution < -0.4 is 0 Å². The highest BCUT2D eigenvalue weighted by molar-refractivity contribution is 5.77. The average Bonchev–Trinajstić information content (AvgIpc) is 2.17. The Hall–Kier alpha value is -1.32. The van der Waals surface area contributed by atoms with Crippen LogP contribution in [0.1, 0.15) is 26.2 Å². The van der Waals surface area contributed by atoms with Crippen molar-refractivity contribution in [2.24, 2.45) is 5.92 Å². The Kier molecular flexibility index (Phi) is 6.42. The van der Waals surface area contributed by atoms with Gasteiger partial charge in [0.25, 0.3) is 0 Å². The number of carbonyl (C=O) groups excluding carboxylic acids is 1. The topological polar surface area (TPSA) is 57.6 Å². The number of carbonyl (C=O) groups is 2. The molecule has 0 bridgehead atoms. The highest BCUT2D eigenvalue weighted by Gasteiger charge is 2.16. The lowest BCUT2D eigenvalue weighted by Crippen LogP contribution is -2.33. The van der Waals surface area contributed by atoms with Crippen molar-refractivity contribution in [1.82, 2.24) is 4.90 Å². The van der Waals surface area contributed by atoms with Crippen LogP contribution in [0.4, 0.5) is 0 Å². The van der Waals surface area contributed by atoms with Crippen molar-refractivity contribution in [1.29, 1.82) is 0 Å². The highest BCUT2D eigenvalue weighted by Crippen LogP contribution is 2.03. The van der Waals surface area contributed by atoms with Crippen molar-refractivity contribution in [3.05, 3.63) is 12.7 Å². The Morgan fingerprint density at radius 3 is 2.60 bits per heavy atom. The Balaban J connectivity index is 3.87. The van der Waals surface area contributed by atoms with Crippen molar-refractivity contribution in [2.75, 3.05) is 13.6 Å². The third-order valence-corrected chi connectivity index (χ3v) is 2.19. The monoisotopic (exact) mass is 213 g/mol. The van der Waals surface area contributed by atoms with Crippen LogP contribution in [0, 0.1) is 5.92 Å². The molecule has 0 aliphatic carbocycles. The molecule has 0 aliphatic rings. The van der Waals surface area contributed by atoms with Crippen LogP contribution in [0.15, 0.2) is 12.7 Å². The molecule has 0 heterocycles. The van der Waals surface area contributed by atoms with E-state index in [-0.39, 0.29) is 12.5 Å². The van der Waals surface area contributed by atoms with Crippen LogP contribution in [-0.4, -0.2) is 35.5 Å². The lowest BCUT2D eigenvalue weighted by Gasteiger charge is -2.19. The van der Waals surface area contributed by atoms with E-state index in [1.807, 2.05) is 0 Å². The summed E-state index contributed by atoms with van der Waals surface area (Å²) in [4.78, 5) is 23.5. The number of hydrogen-bond acceptors (Lipinski definition) is 2. The maximum absolute atomic E-state index is 11.5. The molecule has 0 radical (unpaired) electrons. The van der Waals surface area contributed by atoms with Crippen molar-refractivity contribution < 1.29 is 14.7 Å². The van der Waals surface area contributed by atoms with Crippen molar-refractivity contribution in [2.45, 2.75) is 26.2 Å². The van der Waals surface area contributed by atoms with Crippen molar-refractivity contribution >= 4 is 11.9 Å². The fourth-order valence-corrected chi connectivity index (χ4v) is 1.18. The van der Waals surface area contributed by atoms with Crippen LogP contribution in [0.25, 0.3) is 0 Å². The molecule has 0 fully saturated rings. The minimum atomic E-state index is -0.874. The minimum Gasteiger partial charge on any atom is -0.481 e. The standard InChI is InChI=1S/C11H19NO3/c1-4-5-6-7-10(13)12(3)8-9(2)11(14)15/h4,9H,1,5-8H2,2-3H3,(H,14,15). The molecule has 0 aromatic carbocycles. The molecule has 0 aromatic heterocycles. The number of allylic oxidation sites excluding steroid dienone is 1. The van der Waals surface area contributed by atoms with Gasteiger partial charge in [-0.15, -0.1) is 6.58 Å². The van der Waals surface area contributed by atoms with Crippen LogP contribution in [-0.2, 0) is 9.59 Å². The molecule has 0 rings (SSSR count). The molecular weight excluding hydrogens is 194 g/mol. The zero-order valence-electron chi connectivity index (χ0n) is 9.40. The Morgan fingerprint density at radius 1 is 1.53 bits per heavy atom. The number of unbranched alkanes of at least 4 members (excludes halogenated alkanes) is 1. The number of aliphatic carboxylic acids is 1. The molecule has 4 heteroatoms. The molecule has 86 valence electrons. The van der Waals surface area contributed by atoms with E-state index in [1.54, 1.807) is 20.0 Å². The van der Waals surface area contributed by atoms with Gasteiger partial charge < -0.3 is 10.0 Å². The summed E-state index contributed by atoms with van der Waals surface area (Å²) in [5.41, 5.74) is 0. The summed E-state index contributed by atoms with van der Waals surface area (Å²) in [5.74, 6) is -1.40. The third kappa shape index (κ3) is 5.88. The minimum absolute atomic E-state index is 0.00931. The van der Waals surface area contributed by atoms with Gasteiger partial charge in [0.1, 0.15) is 0 Å². The average molecular weight is 213 g/mol. The number of amides is 1. The van der Waals surface area contributed by atoms with E-state index in [0.29, 0.717) is 6.42 Å². The van der Waals surface area contributed by atoms with E-state index in [0.717, 1.165) is 12.8 Å². The molecule has 1 amide bonds. The van der Waals surface area contributed by atoms with Gasteiger partial charge in [-0.2, -0.15) is 0 Å². The normalized spacial score (nSPS) is 11.9. The second-order valence-electron chi connectivity index (χ2n) is 3.69. The quantitative estimate of drug-likeness (QED) is 0.515. The number of nitrogens with zero attached hydrogens (tertiary/aromatic N) is 1.